The highest BCUT2D eigenvalue weighted by molar-refractivity contribution is 5.84. The van der Waals surface area contributed by atoms with Gasteiger partial charge in [-0.15, -0.1) is 0 Å². The summed E-state index contributed by atoms with van der Waals surface area (Å²) in [6.45, 7) is 2.42. The molecule has 0 unspecified atom stereocenters. The summed E-state index contributed by atoms with van der Waals surface area (Å²) in [6.07, 6.45) is 7.96. The molecule has 1 atom stereocenters. The highest BCUT2D eigenvalue weighted by Gasteiger charge is 2.23. The third-order valence-electron chi connectivity index (χ3n) is 6.56. The molecule has 0 spiro atoms. The summed E-state index contributed by atoms with van der Waals surface area (Å²) < 4.78 is 10.8. The number of phenolic OH excluding ortho intramolecular Hbond substituents is 1. The number of carbonyl (C=O) groups excluding carboxylic acids is 3. The number of amides is 1. The van der Waals surface area contributed by atoms with Gasteiger partial charge in [-0.05, 0) is 61.1 Å². The van der Waals surface area contributed by atoms with Crippen LogP contribution in [0.3, 0.4) is 0 Å². The van der Waals surface area contributed by atoms with Crippen LogP contribution < -0.4 is 10.1 Å². The lowest BCUT2D eigenvalue weighted by Gasteiger charge is -2.18. The van der Waals surface area contributed by atoms with Gasteiger partial charge in [0.05, 0.1) is 6.61 Å². The highest BCUT2D eigenvalue weighted by Crippen LogP contribution is 2.16. The Morgan fingerprint density at radius 3 is 2.07 bits per heavy atom. The Kier molecular flexibility index (Phi) is 15.6. The van der Waals surface area contributed by atoms with Crippen molar-refractivity contribution in [3.8, 4) is 11.5 Å². The van der Waals surface area contributed by atoms with Crippen LogP contribution in [0.2, 0.25) is 0 Å². The first-order chi connectivity index (χ1) is 19.8. The lowest BCUT2D eigenvalue weighted by Crippen LogP contribution is -2.43. The summed E-state index contributed by atoms with van der Waals surface area (Å²) in [4.78, 5) is 48.1. The molecule has 0 heterocycles. The number of carboxylic acid groups (broad SMARTS) is 1. The minimum atomic E-state index is -0.836. The van der Waals surface area contributed by atoms with Crippen LogP contribution in [-0.2, 0) is 36.8 Å². The molecular formula is C32H43NO8. The minimum absolute atomic E-state index is 0.124. The minimum Gasteiger partial charge on any atom is -0.508 e. The molecule has 0 radical (unpaired) electrons. The van der Waals surface area contributed by atoms with Crippen molar-refractivity contribution in [3.05, 3.63) is 59.7 Å². The molecule has 0 aliphatic rings. The van der Waals surface area contributed by atoms with Gasteiger partial charge in [0, 0.05) is 25.7 Å². The van der Waals surface area contributed by atoms with E-state index < -0.39 is 18.0 Å². The fourth-order valence-electron chi connectivity index (χ4n) is 4.19. The molecule has 2 aromatic rings. The Bertz CT molecular complexity index is 1080. The number of nitrogens with one attached hydrogen (secondary N) is 1. The molecule has 3 N–H and O–H groups in total. The molecule has 2 rings (SSSR count). The van der Waals surface area contributed by atoms with Gasteiger partial charge in [-0.2, -0.15) is 0 Å². The van der Waals surface area contributed by atoms with Crippen molar-refractivity contribution in [1.82, 2.24) is 5.32 Å². The van der Waals surface area contributed by atoms with Crippen LogP contribution in [0.25, 0.3) is 0 Å². The second-order valence-corrected chi connectivity index (χ2v) is 10.1. The van der Waals surface area contributed by atoms with Crippen molar-refractivity contribution in [1.29, 1.82) is 0 Å². The molecule has 0 saturated carbocycles. The van der Waals surface area contributed by atoms with Crippen LogP contribution in [0.4, 0.5) is 0 Å². The van der Waals surface area contributed by atoms with Crippen LogP contribution in [0.5, 0.6) is 11.5 Å². The predicted molar refractivity (Wildman–Crippen MR) is 155 cm³/mol. The number of carbonyl (C=O) groups is 4. The maximum atomic E-state index is 12.8. The number of ether oxygens (including phenoxy) is 2. The topological polar surface area (TPSA) is 139 Å². The van der Waals surface area contributed by atoms with Gasteiger partial charge in [-0.3, -0.25) is 14.4 Å². The van der Waals surface area contributed by atoms with Gasteiger partial charge in [0.2, 0.25) is 5.91 Å². The third kappa shape index (κ3) is 14.9. The van der Waals surface area contributed by atoms with Crippen molar-refractivity contribution < 1.29 is 38.9 Å². The van der Waals surface area contributed by atoms with Gasteiger partial charge in [-0.25, -0.2) is 4.79 Å². The van der Waals surface area contributed by atoms with Crippen molar-refractivity contribution in [2.24, 2.45) is 0 Å². The van der Waals surface area contributed by atoms with Crippen LogP contribution in [-0.4, -0.2) is 46.7 Å². The fourth-order valence-corrected chi connectivity index (χ4v) is 4.19. The molecule has 224 valence electrons. The van der Waals surface area contributed by atoms with Gasteiger partial charge in [0.25, 0.3) is 0 Å². The Morgan fingerprint density at radius 2 is 1.41 bits per heavy atom. The lowest BCUT2D eigenvalue weighted by atomic mass is 10.0. The zero-order valence-corrected chi connectivity index (χ0v) is 23.9. The third-order valence-corrected chi connectivity index (χ3v) is 6.56. The number of benzene rings is 2. The molecule has 41 heavy (non-hydrogen) atoms. The van der Waals surface area contributed by atoms with Crippen molar-refractivity contribution in [3.63, 3.8) is 0 Å². The number of aromatic hydroxyl groups is 1. The number of esters is 2. The number of hydrogen-bond donors (Lipinski definition) is 3. The van der Waals surface area contributed by atoms with E-state index in [0.717, 1.165) is 49.7 Å². The normalized spacial score (nSPS) is 11.4. The van der Waals surface area contributed by atoms with Crippen LogP contribution in [0, 0.1) is 0 Å². The predicted octanol–water partition coefficient (Wildman–Crippen LogP) is 5.51. The standard InChI is InChI=1S/C32H43NO8/c1-2-3-4-9-22-40-32(39)28(23-25-12-17-26(34)18-13-25)33-29(35)21-16-24-14-19-27(20-15-24)41-31(38)11-8-6-5-7-10-30(36)37/h12-15,17-20,28,34H,2-11,16,21-23H2,1H3,(H,33,35)(H,36,37)/t28-/m0/s1. The Balaban J connectivity index is 1.80. The molecule has 0 bridgehead atoms. The second kappa shape index (κ2) is 19.2. The Morgan fingerprint density at radius 1 is 0.780 bits per heavy atom. The van der Waals surface area contributed by atoms with Crippen LogP contribution in [0.1, 0.15) is 88.7 Å². The number of carboxylic acids is 1. The summed E-state index contributed by atoms with van der Waals surface area (Å²) in [6, 6.07) is 12.6. The van der Waals surface area contributed by atoms with Crippen LogP contribution >= 0.6 is 0 Å². The zero-order valence-electron chi connectivity index (χ0n) is 23.9. The van der Waals surface area contributed by atoms with Gasteiger partial charge in [-0.1, -0.05) is 63.3 Å². The van der Waals surface area contributed by atoms with Crippen molar-refractivity contribution >= 4 is 23.8 Å². The second-order valence-electron chi connectivity index (χ2n) is 10.1. The number of hydrogen-bond acceptors (Lipinski definition) is 7. The molecule has 1 amide bonds. The molecule has 0 saturated heterocycles. The summed E-state index contributed by atoms with van der Waals surface area (Å²) in [5.74, 6) is -1.36. The van der Waals surface area contributed by atoms with E-state index >= 15 is 0 Å². The van der Waals surface area contributed by atoms with E-state index in [0.29, 0.717) is 31.6 Å². The maximum Gasteiger partial charge on any atom is 0.328 e. The largest absolute Gasteiger partial charge is 0.508 e. The molecule has 0 aliphatic heterocycles. The molecule has 0 aliphatic carbocycles. The van der Waals surface area contributed by atoms with E-state index in [1.54, 1.807) is 36.4 Å². The van der Waals surface area contributed by atoms with E-state index in [-0.39, 0.29) is 43.3 Å². The smallest absolute Gasteiger partial charge is 0.328 e. The average Bonchev–Trinajstić information content (AvgIpc) is 2.95. The first kappa shape index (κ1) is 33.3. The molecular weight excluding hydrogens is 526 g/mol. The van der Waals surface area contributed by atoms with Gasteiger partial charge in [0.15, 0.2) is 0 Å². The fraction of sp³-hybridized carbons (Fsp3) is 0.500. The van der Waals surface area contributed by atoms with E-state index in [2.05, 4.69) is 12.2 Å². The number of aliphatic carboxylic acids is 1. The Hall–Kier alpha value is -3.88. The first-order valence-corrected chi connectivity index (χ1v) is 14.5. The molecule has 9 nitrogen and oxygen atoms in total. The lowest BCUT2D eigenvalue weighted by molar-refractivity contribution is -0.148. The number of aryl methyl sites for hydroxylation is 1. The number of rotatable bonds is 20. The summed E-state index contributed by atoms with van der Waals surface area (Å²) in [5.41, 5.74) is 1.67. The monoisotopic (exact) mass is 569 g/mol. The van der Waals surface area contributed by atoms with Gasteiger partial charge in [0.1, 0.15) is 17.5 Å². The molecule has 2 aromatic carbocycles. The summed E-state index contributed by atoms with van der Waals surface area (Å²) >= 11 is 0. The van der Waals surface area contributed by atoms with Crippen molar-refractivity contribution in [2.45, 2.75) is 96.4 Å². The van der Waals surface area contributed by atoms with E-state index in [4.69, 9.17) is 14.6 Å². The maximum absolute atomic E-state index is 12.8. The van der Waals surface area contributed by atoms with Crippen LogP contribution in [0.15, 0.2) is 48.5 Å². The van der Waals surface area contributed by atoms with E-state index in [9.17, 15) is 24.3 Å². The first-order valence-electron chi connectivity index (χ1n) is 14.5. The average molecular weight is 570 g/mol. The number of phenols is 1. The molecule has 0 aromatic heterocycles. The Labute approximate surface area is 242 Å². The number of unbranched alkanes of at least 4 members (excludes halogenated alkanes) is 6. The van der Waals surface area contributed by atoms with Gasteiger partial charge < -0.3 is 25.0 Å². The highest BCUT2D eigenvalue weighted by atomic mass is 16.5. The van der Waals surface area contributed by atoms with E-state index in [1.807, 2.05) is 0 Å². The SMILES string of the molecule is CCCCCCOC(=O)[C@H](Cc1ccc(O)cc1)NC(=O)CCc1ccc(OC(=O)CCCCCCC(=O)O)cc1. The molecule has 9 heteroatoms. The van der Waals surface area contributed by atoms with Crippen molar-refractivity contribution in [2.75, 3.05) is 6.61 Å². The molecule has 0 fully saturated rings. The van der Waals surface area contributed by atoms with Gasteiger partial charge >= 0.3 is 17.9 Å². The zero-order chi connectivity index (χ0) is 29.9. The summed E-state index contributed by atoms with van der Waals surface area (Å²) in [7, 11) is 0. The summed E-state index contributed by atoms with van der Waals surface area (Å²) in [5, 5.41) is 21.0. The van der Waals surface area contributed by atoms with E-state index in [1.165, 1.54) is 12.1 Å². The quantitative estimate of drug-likeness (QED) is 0.108.